The lowest BCUT2D eigenvalue weighted by molar-refractivity contribution is -0.156. The van der Waals surface area contributed by atoms with Gasteiger partial charge in [0, 0.05) is 6.54 Å². The van der Waals surface area contributed by atoms with Gasteiger partial charge in [0.25, 0.3) is 5.91 Å². The second-order valence-corrected chi connectivity index (χ2v) is 6.93. The molecule has 1 aliphatic carbocycles. The molecule has 0 aromatic heterocycles. The molecule has 2 N–H and O–H groups in total. The molecule has 6 heteroatoms. The predicted molar refractivity (Wildman–Crippen MR) is 83.1 cm³/mol. The van der Waals surface area contributed by atoms with Crippen molar-refractivity contribution in [1.82, 2.24) is 4.90 Å². The van der Waals surface area contributed by atoms with Gasteiger partial charge in [0.05, 0.1) is 12.5 Å². The Morgan fingerprint density at radius 1 is 1.22 bits per heavy atom. The number of likely N-dealkylation sites (tertiary alicyclic amines) is 1. The highest BCUT2D eigenvalue weighted by molar-refractivity contribution is 6.15. The van der Waals surface area contributed by atoms with Crippen molar-refractivity contribution in [2.75, 3.05) is 13.2 Å². The fraction of sp³-hybridized carbons (Fsp3) is 0.765. The van der Waals surface area contributed by atoms with Gasteiger partial charge >= 0.3 is 0 Å². The van der Waals surface area contributed by atoms with Crippen LogP contribution < -0.4 is 5.73 Å². The summed E-state index contributed by atoms with van der Waals surface area (Å²) in [4.78, 5) is 38.5. The first kappa shape index (κ1) is 16.4. The second kappa shape index (κ2) is 6.59. The fourth-order valence-corrected chi connectivity index (χ4v) is 4.33. The average molecular weight is 321 g/mol. The van der Waals surface area contributed by atoms with Gasteiger partial charge < -0.3 is 15.4 Å². The minimum atomic E-state index is -1.58. The van der Waals surface area contributed by atoms with Gasteiger partial charge in [0.15, 0.2) is 5.78 Å². The quantitative estimate of drug-likeness (QED) is 0.782. The molecule has 23 heavy (non-hydrogen) atoms. The maximum absolute atomic E-state index is 12.7. The summed E-state index contributed by atoms with van der Waals surface area (Å²) in [5.74, 6) is -0.857. The summed E-state index contributed by atoms with van der Waals surface area (Å²) in [6, 6.07) is 0. The number of piperidine rings is 1. The molecule has 2 aliphatic heterocycles. The van der Waals surface area contributed by atoms with Crippen molar-refractivity contribution >= 4 is 17.6 Å². The molecule has 0 aromatic rings. The second-order valence-electron chi connectivity index (χ2n) is 6.93. The van der Waals surface area contributed by atoms with Crippen LogP contribution in [0.2, 0.25) is 0 Å². The van der Waals surface area contributed by atoms with Crippen molar-refractivity contribution in [3.63, 3.8) is 0 Å². The van der Waals surface area contributed by atoms with Gasteiger partial charge in [-0.25, -0.2) is 0 Å². The fourth-order valence-electron chi connectivity index (χ4n) is 4.33. The van der Waals surface area contributed by atoms with E-state index in [9.17, 15) is 14.4 Å². The summed E-state index contributed by atoms with van der Waals surface area (Å²) in [6.07, 6.45) is 9.08. The Hall–Kier alpha value is -1.43. The number of nitrogens with two attached hydrogens (primary N) is 1. The molecule has 2 saturated heterocycles. The summed E-state index contributed by atoms with van der Waals surface area (Å²) in [6.45, 7) is 0.245. The third-order valence-electron chi connectivity index (χ3n) is 5.57. The van der Waals surface area contributed by atoms with Gasteiger partial charge in [-0.2, -0.15) is 0 Å². The first-order valence-corrected chi connectivity index (χ1v) is 8.66. The van der Waals surface area contributed by atoms with Crippen molar-refractivity contribution in [2.45, 2.75) is 63.0 Å². The predicted octanol–water partition coefficient (Wildman–Crippen LogP) is 0.975. The van der Waals surface area contributed by atoms with E-state index in [2.05, 4.69) is 0 Å². The van der Waals surface area contributed by atoms with Crippen LogP contribution in [0, 0.1) is 12.3 Å². The van der Waals surface area contributed by atoms with Crippen LogP contribution in [0.4, 0.5) is 0 Å². The van der Waals surface area contributed by atoms with Crippen molar-refractivity contribution in [2.24, 2.45) is 11.7 Å². The molecule has 127 valence electrons. The Kier molecular flexibility index (Phi) is 4.71. The molecule has 3 aliphatic rings. The van der Waals surface area contributed by atoms with Crippen molar-refractivity contribution in [3.8, 4) is 0 Å². The number of amides is 2. The van der Waals surface area contributed by atoms with Gasteiger partial charge in [-0.1, -0.05) is 32.1 Å². The molecular weight excluding hydrogens is 296 g/mol. The molecule has 2 unspecified atom stereocenters. The third kappa shape index (κ3) is 2.77. The standard InChI is InChI=1S/C17H25N2O4/c18-16(22)17-13(20)11-23-14(17)7-4-10-19(17)15(21)9-8-12-5-2-1-3-6-12/h9,12,14H,1-8,10-11H2,(H2,18,22). The molecule has 3 fully saturated rings. The molecule has 2 heterocycles. The number of carbonyl (C=O) groups excluding carboxylic acids is 3. The first-order valence-electron chi connectivity index (χ1n) is 8.66. The number of nitrogens with zero attached hydrogens (tertiary/aromatic N) is 1. The van der Waals surface area contributed by atoms with Crippen LogP contribution in [0.1, 0.15) is 51.4 Å². The Morgan fingerprint density at radius 3 is 2.65 bits per heavy atom. The van der Waals surface area contributed by atoms with E-state index in [0.717, 1.165) is 19.3 Å². The summed E-state index contributed by atoms with van der Waals surface area (Å²) < 4.78 is 5.45. The molecule has 1 saturated carbocycles. The zero-order valence-electron chi connectivity index (χ0n) is 13.5. The highest BCUT2D eigenvalue weighted by Crippen LogP contribution is 2.37. The lowest BCUT2D eigenvalue weighted by atomic mass is 9.80. The minimum absolute atomic E-state index is 0.139. The molecule has 0 aromatic carbocycles. The number of rotatable bonds is 4. The summed E-state index contributed by atoms with van der Waals surface area (Å²) in [7, 11) is 0. The van der Waals surface area contributed by atoms with Crippen LogP contribution in [-0.4, -0.2) is 47.3 Å². The van der Waals surface area contributed by atoms with Crippen LogP contribution in [-0.2, 0) is 19.1 Å². The number of fused-ring (bicyclic) bond motifs is 1. The van der Waals surface area contributed by atoms with E-state index in [1.54, 1.807) is 6.42 Å². The molecule has 1 radical (unpaired) electrons. The maximum atomic E-state index is 12.7. The van der Waals surface area contributed by atoms with E-state index in [1.165, 1.54) is 24.2 Å². The number of carbonyl (C=O) groups is 3. The SMILES string of the molecule is NC(=O)C12C(=O)COC1CCCN2C(=O)[CH]CC1CCCCC1. The molecule has 2 atom stereocenters. The van der Waals surface area contributed by atoms with Gasteiger partial charge in [-0.05, 0) is 25.2 Å². The monoisotopic (exact) mass is 321 g/mol. The van der Waals surface area contributed by atoms with Crippen LogP contribution >= 0.6 is 0 Å². The van der Waals surface area contributed by atoms with Gasteiger partial charge in [0.1, 0.15) is 6.61 Å². The van der Waals surface area contributed by atoms with E-state index in [4.69, 9.17) is 10.5 Å². The highest BCUT2D eigenvalue weighted by atomic mass is 16.5. The first-order chi connectivity index (χ1) is 11.1. The maximum Gasteiger partial charge on any atom is 0.254 e. The van der Waals surface area contributed by atoms with Crippen LogP contribution in [0.3, 0.4) is 0 Å². The number of ether oxygens (including phenoxy) is 1. The Balaban J connectivity index is 1.72. The van der Waals surface area contributed by atoms with E-state index >= 15 is 0 Å². The zero-order chi connectivity index (χ0) is 16.4. The molecule has 0 spiro atoms. The average Bonchev–Trinajstić information content (AvgIpc) is 2.92. The number of Topliss-reactive ketones (excluding diaryl/α,β-unsaturated/α-hetero) is 1. The van der Waals surface area contributed by atoms with Crippen molar-refractivity contribution in [1.29, 1.82) is 0 Å². The topological polar surface area (TPSA) is 89.7 Å². The van der Waals surface area contributed by atoms with E-state index in [1.807, 2.05) is 0 Å². The third-order valence-corrected chi connectivity index (χ3v) is 5.57. The van der Waals surface area contributed by atoms with E-state index in [-0.39, 0.29) is 18.3 Å². The van der Waals surface area contributed by atoms with Crippen LogP contribution in [0.5, 0.6) is 0 Å². The van der Waals surface area contributed by atoms with Crippen molar-refractivity contribution in [3.05, 3.63) is 6.42 Å². The zero-order valence-corrected chi connectivity index (χ0v) is 13.5. The van der Waals surface area contributed by atoms with Crippen LogP contribution in [0.25, 0.3) is 0 Å². The Labute approximate surface area is 136 Å². The lowest BCUT2D eigenvalue weighted by Gasteiger charge is -2.44. The summed E-state index contributed by atoms with van der Waals surface area (Å²) in [5, 5.41) is 0. The number of primary amides is 1. The number of ketones is 1. The number of hydrogen-bond acceptors (Lipinski definition) is 4. The van der Waals surface area contributed by atoms with Crippen LogP contribution in [0.15, 0.2) is 0 Å². The molecule has 6 nitrogen and oxygen atoms in total. The van der Waals surface area contributed by atoms with E-state index in [0.29, 0.717) is 25.3 Å². The summed E-state index contributed by atoms with van der Waals surface area (Å²) in [5.41, 5.74) is 3.97. The highest BCUT2D eigenvalue weighted by Gasteiger charge is 2.62. The van der Waals surface area contributed by atoms with E-state index < -0.39 is 17.6 Å². The minimum Gasteiger partial charge on any atom is -0.367 e. The van der Waals surface area contributed by atoms with Gasteiger partial charge in [-0.3, -0.25) is 14.4 Å². The molecule has 3 rings (SSSR count). The van der Waals surface area contributed by atoms with Gasteiger partial charge in [-0.15, -0.1) is 0 Å². The van der Waals surface area contributed by atoms with Gasteiger partial charge in [0.2, 0.25) is 11.4 Å². The molecule has 2 amide bonds. The van der Waals surface area contributed by atoms with Crippen molar-refractivity contribution < 1.29 is 19.1 Å². The molecular formula is C17H25N2O4. The summed E-state index contributed by atoms with van der Waals surface area (Å²) >= 11 is 0. The molecule has 0 bridgehead atoms. The Morgan fingerprint density at radius 2 is 1.96 bits per heavy atom. The smallest absolute Gasteiger partial charge is 0.254 e. The largest absolute Gasteiger partial charge is 0.367 e. The number of hydrogen-bond donors (Lipinski definition) is 1. The normalized spacial score (nSPS) is 31.9. The Bertz CT molecular complexity index is 501. The lowest BCUT2D eigenvalue weighted by Crippen LogP contribution is -2.69.